The number of carbonyl (C=O) groups excluding carboxylic acids is 1. The summed E-state index contributed by atoms with van der Waals surface area (Å²) >= 11 is 6.54. The van der Waals surface area contributed by atoms with Crippen LogP contribution in [-0.2, 0) is 16.5 Å². The summed E-state index contributed by atoms with van der Waals surface area (Å²) in [6.45, 7) is 0. The predicted octanol–water partition coefficient (Wildman–Crippen LogP) is 3.10. The van der Waals surface area contributed by atoms with E-state index in [4.69, 9.17) is 4.74 Å². The van der Waals surface area contributed by atoms with Crippen LogP contribution in [0.15, 0.2) is 18.2 Å². The lowest BCUT2D eigenvalue weighted by Gasteiger charge is -2.07. The zero-order chi connectivity index (χ0) is 11.3. The third kappa shape index (κ3) is 3.61. The van der Waals surface area contributed by atoms with Crippen LogP contribution in [0, 0.1) is 0 Å². The molecule has 0 aromatic heterocycles. The smallest absolute Gasteiger partial charge is 0.147 e. The van der Waals surface area contributed by atoms with Crippen molar-refractivity contribution in [3.05, 3.63) is 29.3 Å². The fourth-order valence-electron chi connectivity index (χ4n) is 1.32. The zero-order valence-electron chi connectivity index (χ0n) is 8.43. The summed E-state index contributed by atoms with van der Waals surface area (Å²) in [5, 5.41) is 1.13. The maximum absolute atomic E-state index is 11.2. The fourth-order valence-corrected chi connectivity index (χ4v) is 1.96. The van der Waals surface area contributed by atoms with Gasteiger partial charge in [-0.05, 0) is 11.6 Å². The van der Waals surface area contributed by atoms with Crippen molar-refractivity contribution >= 4 is 37.6 Å². The van der Waals surface area contributed by atoms with Crippen LogP contribution >= 0.6 is 31.9 Å². The van der Waals surface area contributed by atoms with Crippen LogP contribution in [0.1, 0.15) is 11.1 Å². The van der Waals surface area contributed by atoms with Crippen molar-refractivity contribution < 1.29 is 9.53 Å². The number of hydrogen-bond donors (Lipinski definition) is 0. The van der Waals surface area contributed by atoms with Crippen molar-refractivity contribution in [1.82, 2.24) is 0 Å². The Balaban J connectivity index is 2.88. The van der Waals surface area contributed by atoms with Gasteiger partial charge in [0.25, 0.3) is 0 Å². The van der Waals surface area contributed by atoms with E-state index in [1.807, 2.05) is 18.2 Å². The molecule has 82 valence electrons. The molecule has 0 aliphatic heterocycles. The van der Waals surface area contributed by atoms with Crippen molar-refractivity contribution in [2.75, 3.05) is 12.4 Å². The summed E-state index contributed by atoms with van der Waals surface area (Å²) in [6, 6.07) is 5.81. The highest BCUT2D eigenvalue weighted by Crippen LogP contribution is 2.22. The topological polar surface area (TPSA) is 26.3 Å². The van der Waals surface area contributed by atoms with Crippen molar-refractivity contribution in [2.45, 2.75) is 11.8 Å². The van der Waals surface area contributed by atoms with E-state index < -0.39 is 0 Å². The molecule has 0 fully saturated rings. The Kier molecular flexibility index (Phi) is 5.32. The molecule has 0 spiro atoms. The van der Waals surface area contributed by atoms with Crippen molar-refractivity contribution in [3.8, 4) is 5.75 Å². The van der Waals surface area contributed by atoms with Crippen LogP contribution in [0.3, 0.4) is 0 Å². The molecule has 0 atom stereocenters. The van der Waals surface area contributed by atoms with E-state index in [0.29, 0.717) is 11.8 Å². The fraction of sp³-hybridized carbons (Fsp3) is 0.364. The molecular weight excluding hydrogens is 324 g/mol. The van der Waals surface area contributed by atoms with Gasteiger partial charge in [0.2, 0.25) is 0 Å². The first-order valence-corrected chi connectivity index (χ1v) is 6.75. The Hall–Kier alpha value is -0.350. The average Bonchev–Trinajstić information content (AvgIpc) is 2.28. The van der Waals surface area contributed by atoms with Gasteiger partial charge in [-0.25, -0.2) is 0 Å². The second-order valence-corrected chi connectivity index (χ2v) is 4.25. The molecule has 0 aliphatic rings. The normalized spacial score (nSPS) is 10.1. The third-order valence-corrected chi connectivity index (χ3v) is 3.27. The standard InChI is InChI=1S/C11H12Br2O2/c1-15-11-3-2-8(4-9(11)6-12)5-10(14)7-13/h2-4H,5-7H2,1H3. The molecule has 1 aromatic carbocycles. The van der Waals surface area contributed by atoms with Crippen LogP contribution in [0.25, 0.3) is 0 Å². The number of rotatable bonds is 5. The Morgan fingerprint density at radius 2 is 2.13 bits per heavy atom. The molecule has 0 N–H and O–H groups in total. The number of halogens is 2. The minimum absolute atomic E-state index is 0.181. The van der Waals surface area contributed by atoms with Gasteiger partial charge >= 0.3 is 0 Å². The number of alkyl halides is 2. The second kappa shape index (κ2) is 6.28. The van der Waals surface area contributed by atoms with Crippen molar-refractivity contribution in [3.63, 3.8) is 0 Å². The van der Waals surface area contributed by atoms with Crippen LogP contribution in [0.2, 0.25) is 0 Å². The lowest BCUT2D eigenvalue weighted by atomic mass is 10.1. The van der Waals surface area contributed by atoms with Crippen LogP contribution in [-0.4, -0.2) is 18.2 Å². The van der Waals surface area contributed by atoms with Gasteiger partial charge in [-0.15, -0.1) is 0 Å². The molecule has 0 radical (unpaired) electrons. The molecule has 0 aliphatic carbocycles. The first-order chi connectivity index (χ1) is 7.21. The summed E-state index contributed by atoms with van der Waals surface area (Å²) in [6.07, 6.45) is 0.468. The maximum Gasteiger partial charge on any atom is 0.147 e. The number of hydrogen-bond acceptors (Lipinski definition) is 2. The molecule has 1 aromatic rings. The van der Waals surface area contributed by atoms with Crippen molar-refractivity contribution in [2.24, 2.45) is 0 Å². The molecule has 0 bridgehead atoms. The average molecular weight is 336 g/mol. The van der Waals surface area contributed by atoms with E-state index in [0.717, 1.165) is 22.2 Å². The molecular formula is C11H12Br2O2. The minimum Gasteiger partial charge on any atom is -0.496 e. The summed E-state index contributed by atoms with van der Waals surface area (Å²) in [5.41, 5.74) is 2.09. The summed E-state index contributed by atoms with van der Waals surface area (Å²) in [4.78, 5) is 11.2. The Bertz CT molecular complexity index is 350. The second-order valence-electron chi connectivity index (χ2n) is 3.13. The maximum atomic E-state index is 11.2. The highest BCUT2D eigenvalue weighted by atomic mass is 79.9. The summed E-state index contributed by atoms with van der Waals surface area (Å²) < 4.78 is 5.20. The molecule has 0 amide bonds. The van der Waals surface area contributed by atoms with Gasteiger partial charge in [-0.2, -0.15) is 0 Å². The Labute approximate surface area is 106 Å². The van der Waals surface area contributed by atoms with Gasteiger partial charge in [-0.3, -0.25) is 4.79 Å². The molecule has 1 rings (SSSR count). The van der Waals surface area contributed by atoms with Gasteiger partial charge in [-0.1, -0.05) is 44.0 Å². The summed E-state index contributed by atoms with van der Waals surface area (Å²) in [7, 11) is 1.64. The van der Waals surface area contributed by atoms with Gasteiger partial charge in [0.05, 0.1) is 12.4 Å². The first-order valence-electron chi connectivity index (χ1n) is 4.50. The lowest BCUT2D eigenvalue weighted by molar-refractivity contribution is -0.115. The van der Waals surface area contributed by atoms with Gasteiger partial charge in [0, 0.05) is 17.3 Å². The van der Waals surface area contributed by atoms with E-state index in [-0.39, 0.29) is 5.78 Å². The number of ether oxygens (including phenoxy) is 1. The quantitative estimate of drug-likeness (QED) is 0.773. The molecule has 15 heavy (non-hydrogen) atoms. The van der Waals surface area contributed by atoms with Crippen LogP contribution in [0.4, 0.5) is 0 Å². The number of Topliss-reactive ketones (excluding diaryl/α,β-unsaturated/α-hetero) is 1. The predicted molar refractivity (Wildman–Crippen MR) is 68.1 cm³/mol. The highest BCUT2D eigenvalue weighted by Gasteiger charge is 2.06. The third-order valence-electron chi connectivity index (χ3n) is 2.04. The highest BCUT2D eigenvalue weighted by molar-refractivity contribution is 9.09. The van der Waals surface area contributed by atoms with E-state index in [1.165, 1.54) is 0 Å². The Morgan fingerprint density at radius 3 is 2.67 bits per heavy atom. The minimum atomic E-state index is 0.181. The van der Waals surface area contributed by atoms with Gasteiger partial charge in [0.15, 0.2) is 0 Å². The lowest BCUT2D eigenvalue weighted by Crippen LogP contribution is -2.04. The molecule has 0 heterocycles. The van der Waals surface area contributed by atoms with Crippen LogP contribution in [0.5, 0.6) is 5.75 Å². The number of benzene rings is 1. The molecule has 2 nitrogen and oxygen atoms in total. The first kappa shape index (κ1) is 12.7. The summed E-state index contributed by atoms with van der Waals surface area (Å²) in [5.74, 6) is 1.03. The largest absolute Gasteiger partial charge is 0.496 e. The van der Waals surface area contributed by atoms with Crippen LogP contribution < -0.4 is 4.74 Å². The van der Waals surface area contributed by atoms with Gasteiger partial charge < -0.3 is 4.74 Å². The molecule has 4 heteroatoms. The van der Waals surface area contributed by atoms with Crippen molar-refractivity contribution in [1.29, 1.82) is 0 Å². The molecule has 0 saturated carbocycles. The van der Waals surface area contributed by atoms with E-state index in [9.17, 15) is 4.79 Å². The number of carbonyl (C=O) groups is 1. The van der Waals surface area contributed by atoms with Gasteiger partial charge in [0.1, 0.15) is 11.5 Å². The SMILES string of the molecule is COc1ccc(CC(=O)CBr)cc1CBr. The number of ketones is 1. The van der Waals surface area contributed by atoms with E-state index in [2.05, 4.69) is 31.9 Å². The monoisotopic (exact) mass is 334 g/mol. The molecule has 0 saturated heterocycles. The Morgan fingerprint density at radius 1 is 1.40 bits per heavy atom. The molecule has 0 unspecified atom stereocenters. The zero-order valence-corrected chi connectivity index (χ0v) is 11.6. The van der Waals surface area contributed by atoms with E-state index in [1.54, 1.807) is 7.11 Å². The number of methoxy groups -OCH3 is 1. The van der Waals surface area contributed by atoms with E-state index >= 15 is 0 Å².